The maximum atomic E-state index is 15.5. The van der Waals surface area contributed by atoms with Crippen molar-refractivity contribution < 1.29 is 48.4 Å². The van der Waals surface area contributed by atoms with Crippen molar-refractivity contribution >= 4 is 23.2 Å². The third kappa shape index (κ3) is 3.46. The van der Waals surface area contributed by atoms with Crippen LogP contribution in [0.25, 0.3) is 0 Å². The lowest BCUT2D eigenvalue weighted by Crippen LogP contribution is -2.90. The number of amidine groups is 1. The van der Waals surface area contributed by atoms with Crippen LogP contribution in [0, 0.1) is 58.2 Å². The summed E-state index contributed by atoms with van der Waals surface area (Å²) in [6.45, 7) is 5.48. The van der Waals surface area contributed by atoms with Crippen LogP contribution in [-0.4, -0.2) is 33.6 Å². The molecule has 0 unspecified atom stereocenters. The van der Waals surface area contributed by atoms with Gasteiger partial charge in [-0.05, 0) is 50.8 Å². The molecule has 0 radical (unpaired) electrons. The zero-order chi connectivity index (χ0) is 28.4. The first-order chi connectivity index (χ1) is 17.7. The van der Waals surface area contributed by atoms with Crippen molar-refractivity contribution in [2.75, 3.05) is 0 Å². The SMILES string of the molecule is CC(C)N1C(c2ccccc2)=[N+](C(C)C)[B-]1(c1c(F)c(F)c(F)c(F)c1F)c1c(F)c(F)c(F)c(F)c1F. The van der Waals surface area contributed by atoms with Crippen LogP contribution in [0.15, 0.2) is 30.3 Å². The summed E-state index contributed by atoms with van der Waals surface area (Å²) >= 11 is 0. The summed E-state index contributed by atoms with van der Waals surface area (Å²) in [5.74, 6) is -24.7. The van der Waals surface area contributed by atoms with E-state index in [4.69, 9.17) is 0 Å². The van der Waals surface area contributed by atoms with Gasteiger partial charge in [-0.15, -0.1) is 0 Å². The molecule has 0 atom stereocenters. The van der Waals surface area contributed by atoms with Gasteiger partial charge in [0.1, 0.15) is 23.3 Å². The van der Waals surface area contributed by atoms with Gasteiger partial charge in [0.2, 0.25) is 0 Å². The van der Waals surface area contributed by atoms with Crippen molar-refractivity contribution in [2.45, 2.75) is 39.8 Å². The van der Waals surface area contributed by atoms with E-state index in [9.17, 15) is 26.3 Å². The van der Waals surface area contributed by atoms with Gasteiger partial charge in [0.05, 0.1) is 5.56 Å². The first kappa shape index (κ1) is 27.5. The Bertz CT molecular complexity index is 1360. The summed E-state index contributed by atoms with van der Waals surface area (Å²) in [6.07, 6.45) is -4.20. The van der Waals surface area contributed by atoms with Gasteiger partial charge in [-0.3, -0.25) is 0 Å². The van der Waals surface area contributed by atoms with Crippen LogP contribution in [0.5, 0.6) is 0 Å². The predicted molar refractivity (Wildman–Crippen MR) is 120 cm³/mol. The van der Waals surface area contributed by atoms with E-state index in [0.29, 0.717) is 5.56 Å². The average Bonchev–Trinajstić information content (AvgIpc) is 2.86. The minimum Gasteiger partial charge on any atom is -0.410 e. The minimum atomic E-state index is -4.20. The largest absolute Gasteiger partial charge is 0.441 e. The summed E-state index contributed by atoms with van der Waals surface area (Å²) in [6, 6.07) is 5.67. The molecular weight excluding hydrogens is 529 g/mol. The van der Waals surface area contributed by atoms with E-state index in [1.54, 1.807) is 18.2 Å². The molecule has 1 aliphatic heterocycles. The lowest BCUT2D eigenvalue weighted by Gasteiger charge is -2.60. The van der Waals surface area contributed by atoms with Crippen LogP contribution in [0.4, 0.5) is 43.9 Å². The summed E-state index contributed by atoms with van der Waals surface area (Å²) in [4.78, 5) is 0.936. The molecule has 202 valence electrons. The molecule has 0 fully saturated rings. The van der Waals surface area contributed by atoms with Gasteiger partial charge in [-0.25, -0.2) is 43.9 Å². The molecule has 0 spiro atoms. The highest BCUT2D eigenvalue weighted by Gasteiger charge is 2.66. The molecule has 4 rings (SSSR count). The first-order valence-corrected chi connectivity index (χ1v) is 11.4. The fraction of sp³-hybridized carbons (Fsp3) is 0.240. The molecule has 1 heterocycles. The van der Waals surface area contributed by atoms with Crippen molar-refractivity contribution in [3.8, 4) is 0 Å². The second-order valence-corrected chi connectivity index (χ2v) is 9.44. The van der Waals surface area contributed by atoms with Crippen LogP contribution < -0.4 is 10.9 Å². The molecule has 13 heteroatoms. The van der Waals surface area contributed by atoms with E-state index in [2.05, 4.69) is 0 Å². The van der Waals surface area contributed by atoms with Gasteiger partial charge in [-0.2, -0.15) is 0 Å². The van der Waals surface area contributed by atoms with Crippen molar-refractivity contribution in [2.24, 2.45) is 0 Å². The molecule has 0 saturated heterocycles. The smallest absolute Gasteiger partial charge is 0.410 e. The zero-order valence-electron chi connectivity index (χ0n) is 20.3. The Morgan fingerprint density at radius 1 is 0.553 bits per heavy atom. The number of nitrogens with zero attached hydrogens (tertiary/aromatic N) is 2. The standard InChI is InChI=1S/C25H19BF10N2/c1-10(2)37-25(12-8-6-5-7-9-12)38(11(3)4)26(37,13-15(27)19(31)23(35)20(32)16(13)28)14-17(29)21(33)24(36)22(34)18(14)30/h5-11H,1-4H3. The second kappa shape index (κ2) is 9.35. The summed E-state index contributed by atoms with van der Waals surface area (Å²) in [5.41, 5.74) is -3.17. The third-order valence-electron chi connectivity index (χ3n) is 6.73. The van der Waals surface area contributed by atoms with Crippen molar-refractivity contribution in [3.05, 3.63) is 94.1 Å². The third-order valence-corrected chi connectivity index (χ3v) is 6.73. The van der Waals surface area contributed by atoms with Gasteiger partial charge < -0.3 is 9.30 Å². The van der Waals surface area contributed by atoms with Gasteiger partial charge in [-0.1, -0.05) is 18.2 Å². The maximum Gasteiger partial charge on any atom is 0.441 e. The fourth-order valence-electron chi connectivity index (χ4n) is 5.45. The van der Waals surface area contributed by atoms with Crippen molar-refractivity contribution in [1.29, 1.82) is 0 Å². The topological polar surface area (TPSA) is 6.25 Å². The molecule has 0 bridgehead atoms. The predicted octanol–water partition coefficient (Wildman–Crippen LogP) is 5.23. The summed E-state index contributed by atoms with van der Waals surface area (Å²) in [7, 11) is 0. The molecule has 0 aliphatic carbocycles. The highest BCUT2D eigenvalue weighted by Crippen LogP contribution is 2.36. The van der Waals surface area contributed by atoms with E-state index in [1.165, 1.54) is 39.8 Å². The Morgan fingerprint density at radius 2 is 0.895 bits per heavy atom. The Hall–Kier alpha value is -3.51. The molecule has 2 nitrogen and oxygen atoms in total. The first-order valence-electron chi connectivity index (χ1n) is 11.4. The molecule has 0 aromatic heterocycles. The lowest BCUT2D eigenvalue weighted by atomic mass is 9.31. The number of hydrogen-bond donors (Lipinski definition) is 0. The highest BCUT2D eigenvalue weighted by molar-refractivity contribution is 6.98. The molecular formula is C25H19BF10N2. The second-order valence-electron chi connectivity index (χ2n) is 9.44. The lowest BCUT2D eigenvalue weighted by molar-refractivity contribution is -0.468. The Kier molecular flexibility index (Phi) is 6.78. The normalized spacial score (nSPS) is 15.1. The zero-order valence-corrected chi connectivity index (χ0v) is 20.3. The molecule has 0 amide bonds. The molecule has 3 aromatic carbocycles. The van der Waals surface area contributed by atoms with E-state index in [1.807, 2.05) is 0 Å². The van der Waals surface area contributed by atoms with Gasteiger partial charge in [0.15, 0.2) is 40.7 Å². The van der Waals surface area contributed by atoms with Crippen LogP contribution in [0.1, 0.15) is 33.3 Å². The monoisotopic (exact) mass is 548 g/mol. The van der Waals surface area contributed by atoms with Gasteiger partial charge in [0.25, 0.3) is 0 Å². The molecule has 1 aliphatic rings. The Morgan fingerprint density at radius 3 is 1.21 bits per heavy atom. The molecule has 3 aromatic rings. The summed E-state index contributed by atoms with van der Waals surface area (Å²) in [5, 5.41) is 0. The van der Waals surface area contributed by atoms with E-state index < -0.39 is 87.6 Å². The van der Waals surface area contributed by atoms with Crippen molar-refractivity contribution in [1.82, 2.24) is 4.81 Å². The quantitative estimate of drug-likeness (QED) is 0.184. The van der Waals surface area contributed by atoms with Crippen molar-refractivity contribution in [3.63, 3.8) is 0 Å². The van der Waals surface area contributed by atoms with Crippen LogP contribution >= 0.6 is 0 Å². The van der Waals surface area contributed by atoms with Gasteiger partial charge in [0, 0.05) is 12.1 Å². The van der Waals surface area contributed by atoms with E-state index in [0.717, 1.165) is 9.30 Å². The number of benzene rings is 3. The van der Waals surface area contributed by atoms with E-state index >= 15 is 17.6 Å². The highest BCUT2D eigenvalue weighted by atomic mass is 19.2. The Labute approximate surface area is 210 Å². The minimum absolute atomic E-state index is 0.0171. The van der Waals surface area contributed by atoms with E-state index in [-0.39, 0.29) is 5.84 Å². The molecule has 38 heavy (non-hydrogen) atoms. The molecule has 0 N–H and O–H groups in total. The number of hydrogen-bond acceptors (Lipinski definition) is 1. The summed E-state index contributed by atoms with van der Waals surface area (Å²) < 4.78 is 149. The van der Waals surface area contributed by atoms with Crippen LogP contribution in [0.3, 0.4) is 0 Å². The maximum absolute atomic E-state index is 15.5. The fourth-order valence-corrected chi connectivity index (χ4v) is 5.45. The number of halogens is 10. The molecule has 0 saturated carbocycles. The van der Waals surface area contributed by atoms with Gasteiger partial charge >= 0.3 is 6.42 Å². The number of rotatable bonds is 5. The van der Waals surface area contributed by atoms with Crippen LogP contribution in [-0.2, 0) is 0 Å². The average molecular weight is 548 g/mol. The Balaban J connectivity index is 2.37. The van der Waals surface area contributed by atoms with Crippen LogP contribution in [0.2, 0.25) is 0 Å².